The molecule has 0 saturated heterocycles. The minimum Gasteiger partial charge on any atom is -0.475 e. The average molecular weight is 415 g/mol. The molecule has 0 aromatic heterocycles. The molecule has 4 aliphatic carbocycles. The van der Waals surface area contributed by atoms with Gasteiger partial charge < -0.3 is 20.1 Å². The normalized spacial score (nSPS) is 51.2. The molecule has 1 aliphatic heterocycles. The zero-order chi connectivity index (χ0) is 21.6. The molecule has 5 rings (SSSR count). The van der Waals surface area contributed by atoms with E-state index in [4.69, 9.17) is 4.74 Å². The highest BCUT2D eigenvalue weighted by Gasteiger charge is 2.74. The van der Waals surface area contributed by atoms with Crippen LogP contribution < -0.4 is 0 Å². The number of carbonyl (C=O) groups is 2. The van der Waals surface area contributed by atoms with Gasteiger partial charge >= 0.3 is 0 Å². The molecule has 9 atom stereocenters. The summed E-state index contributed by atoms with van der Waals surface area (Å²) < 4.78 is 5.96. The van der Waals surface area contributed by atoms with E-state index in [0.717, 1.165) is 0 Å². The van der Waals surface area contributed by atoms with Crippen molar-refractivity contribution in [3.05, 3.63) is 23.8 Å². The van der Waals surface area contributed by atoms with Crippen LogP contribution in [0.15, 0.2) is 28.8 Å². The second-order valence-corrected chi connectivity index (χ2v) is 10.2. The largest absolute Gasteiger partial charge is 0.475 e. The van der Waals surface area contributed by atoms with Gasteiger partial charge in [0.15, 0.2) is 23.0 Å². The van der Waals surface area contributed by atoms with Crippen molar-refractivity contribution in [2.45, 2.75) is 63.9 Å². The topological polar surface area (TPSA) is 116 Å². The van der Waals surface area contributed by atoms with E-state index in [-0.39, 0.29) is 29.3 Å². The fourth-order valence-electron chi connectivity index (χ4n) is 7.86. The molecule has 7 heteroatoms. The van der Waals surface area contributed by atoms with Crippen LogP contribution in [0, 0.1) is 28.6 Å². The van der Waals surface area contributed by atoms with E-state index in [2.05, 4.69) is 4.99 Å². The fourth-order valence-corrected chi connectivity index (χ4v) is 7.86. The number of carbonyl (C=O) groups excluding carboxylic acids is 2. The fraction of sp³-hybridized carbons (Fsp3) is 0.696. The van der Waals surface area contributed by atoms with Gasteiger partial charge in [-0.25, -0.2) is 4.99 Å². The smallest absolute Gasteiger partial charge is 0.190 e. The maximum atomic E-state index is 13.1. The first-order chi connectivity index (χ1) is 14.1. The van der Waals surface area contributed by atoms with Gasteiger partial charge in [-0.2, -0.15) is 0 Å². The van der Waals surface area contributed by atoms with Crippen LogP contribution in [0.3, 0.4) is 0 Å². The number of Topliss-reactive ketones (excluding diaryl/α,β-unsaturated/α-hetero) is 1. The van der Waals surface area contributed by atoms with Crippen LogP contribution >= 0.6 is 0 Å². The Morgan fingerprint density at radius 1 is 1.30 bits per heavy atom. The van der Waals surface area contributed by atoms with Crippen LogP contribution in [0.2, 0.25) is 0 Å². The molecule has 5 aliphatic rings. The van der Waals surface area contributed by atoms with E-state index >= 15 is 0 Å². The Kier molecular flexibility index (Phi) is 4.09. The number of hydrogen-bond donors (Lipinski definition) is 3. The number of aliphatic hydroxyl groups is 3. The number of ether oxygens (including phenoxy) is 1. The monoisotopic (exact) mass is 415 g/mol. The maximum Gasteiger partial charge on any atom is 0.190 e. The average Bonchev–Trinajstić information content (AvgIpc) is 3.13. The van der Waals surface area contributed by atoms with Crippen LogP contribution in [-0.2, 0) is 14.3 Å². The molecule has 3 saturated carbocycles. The number of hydrogen-bond acceptors (Lipinski definition) is 7. The van der Waals surface area contributed by atoms with Crippen LogP contribution in [0.4, 0.5) is 0 Å². The van der Waals surface area contributed by atoms with Gasteiger partial charge in [-0.15, -0.1) is 0 Å². The number of aliphatic imine (C=N–C) groups is 1. The Hall–Kier alpha value is -1.83. The maximum absolute atomic E-state index is 13.1. The summed E-state index contributed by atoms with van der Waals surface area (Å²) in [4.78, 5) is 29.7. The first kappa shape index (κ1) is 20.1. The quantitative estimate of drug-likeness (QED) is 0.619. The first-order valence-electron chi connectivity index (χ1n) is 10.8. The Bertz CT molecular complexity index is 923. The summed E-state index contributed by atoms with van der Waals surface area (Å²) in [6.07, 6.45) is 4.23. The lowest BCUT2D eigenvalue weighted by molar-refractivity contribution is -0.150. The van der Waals surface area contributed by atoms with Crippen LogP contribution in [0.5, 0.6) is 0 Å². The van der Waals surface area contributed by atoms with Gasteiger partial charge in [0.05, 0.1) is 12.2 Å². The number of fused-ring (bicyclic) bond motifs is 7. The molecular weight excluding hydrogens is 386 g/mol. The van der Waals surface area contributed by atoms with Crippen molar-refractivity contribution in [1.29, 1.82) is 0 Å². The van der Waals surface area contributed by atoms with Crippen molar-refractivity contribution < 1.29 is 29.6 Å². The first-order valence-corrected chi connectivity index (χ1v) is 10.8. The Morgan fingerprint density at radius 2 is 2.03 bits per heavy atom. The zero-order valence-corrected chi connectivity index (χ0v) is 17.5. The summed E-state index contributed by atoms with van der Waals surface area (Å²) in [5.74, 6) is -0.334. The minimum absolute atomic E-state index is 0.0118. The Balaban J connectivity index is 1.63. The third kappa shape index (κ3) is 2.18. The molecule has 3 N–H and O–H groups in total. The van der Waals surface area contributed by atoms with Crippen LogP contribution in [0.1, 0.15) is 40.0 Å². The number of allylic oxidation sites excluding steroid dienone is 3. The van der Waals surface area contributed by atoms with Gasteiger partial charge in [0.1, 0.15) is 12.7 Å². The Labute approximate surface area is 175 Å². The van der Waals surface area contributed by atoms with E-state index in [1.807, 2.05) is 19.9 Å². The highest BCUT2D eigenvalue weighted by atomic mass is 16.5. The van der Waals surface area contributed by atoms with Crippen LogP contribution in [0.25, 0.3) is 0 Å². The third-order valence-corrected chi connectivity index (χ3v) is 8.92. The summed E-state index contributed by atoms with van der Waals surface area (Å²) in [5.41, 5.74) is -1.85. The second kappa shape index (κ2) is 6.11. The molecule has 30 heavy (non-hydrogen) atoms. The van der Waals surface area contributed by atoms with E-state index in [1.165, 1.54) is 12.2 Å². The van der Waals surface area contributed by atoms with Gasteiger partial charge in [0.25, 0.3) is 0 Å². The van der Waals surface area contributed by atoms with E-state index in [0.29, 0.717) is 30.7 Å². The van der Waals surface area contributed by atoms with Gasteiger partial charge in [0, 0.05) is 23.7 Å². The van der Waals surface area contributed by atoms with Gasteiger partial charge in [0.2, 0.25) is 0 Å². The molecule has 7 nitrogen and oxygen atoms in total. The number of aliphatic hydroxyl groups excluding tert-OH is 3. The number of rotatable bonds is 2. The standard InChI is InChI=1S/C23H29NO6/c1-11-24-23(18(29)10-25)19(30-11)8-14-13-7-16(27)15-6-12(26)4-5-21(15,2)20(13)17(28)9-22(14,23)3/h4-6,13-14,16-17,19-20,25,27-28H,7-10H2,1-3H3/t13-,14+,16+,17-,19-,20+,21-,22-,23+/m0/s1. The van der Waals surface area contributed by atoms with Crippen molar-refractivity contribution in [3.63, 3.8) is 0 Å². The lowest BCUT2D eigenvalue weighted by atomic mass is 9.45. The van der Waals surface area contributed by atoms with Crippen LogP contribution in [-0.4, -0.2) is 63.2 Å². The highest BCUT2D eigenvalue weighted by molar-refractivity contribution is 6.01. The summed E-state index contributed by atoms with van der Waals surface area (Å²) in [6.45, 7) is 5.06. The van der Waals surface area contributed by atoms with Gasteiger partial charge in [-0.05, 0) is 48.8 Å². The lowest BCUT2D eigenvalue weighted by Gasteiger charge is -2.60. The Morgan fingerprint density at radius 3 is 2.73 bits per heavy atom. The van der Waals surface area contributed by atoms with Gasteiger partial charge in [-0.1, -0.05) is 19.9 Å². The molecule has 0 unspecified atom stereocenters. The molecule has 0 bridgehead atoms. The van der Waals surface area contributed by atoms with Crippen molar-refractivity contribution in [1.82, 2.24) is 0 Å². The van der Waals surface area contributed by atoms with E-state index < -0.39 is 41.3 Å². The van der Waals surface area contributed by atoms with E-state index in [9.17, 15) is 24.9 Å². The zero-order valence-electron chi connectivity index (χ0n) is 17.5. The number of ketones is 2. The summed E-state index contributed by atoms with van der Waals surface area (Å²) in [5, 5.41) is 32.2. The predicted octanol–water partition coefficient (Wildman–Crippen LogP) is 0.963. The van der Waals surface area contributed by atoms with Gasteiger partial charge in [-0.3, -0.25) is 9.59 Å². The predicted molar refractivity (Wildman–Crippen MR) is 108 cm³/mol. The summed E-state index contributed by atoms with van der Waals surface area (Å²) >= 11 is 0. The summed E-state index contributed by atoms with van der Waals surface area (Å²) in [6, 6.07) is 0. The molecule has 0 spiro atoms. The van der Waals surface area contributed by atoms with E-state index in [1.54, 1.807) is 6.92 Å². The van der Waals surface area contributed by atoms with Crippen molar-refractivity contribution in [3.8, 4) is 0 Å². The molecule has 0 amide bonds. The lowest BCUT2D eigenvalue weighted by Crippen LogP contribution is -2.63. The molecule has 1 heterocycles. The second-order valence-electron chi connectivity index (χ2n) is 10.2. The molecule has 3 fully saturated rings. The molecule has 162 valence electrons. The molecule has 0 radical (unpaired) electrons. The van der Waals surface area contributed by atoms with Crippen molar-refractivity contribution in [2.75, 3.05) is 6.61 Å². The SMILES string of the molecule is CC1=N[C@]2(C(=O)CO)[C@H](C[C@@H]3[C@@H]4C[C@@H](O)C5=CC(=O)C=C[C@]5(C)[C@H]4[C@@H](O)C[C@@]32C)O1. The molecular formula is C23H29NO6. The minimum atomic E-state index is -1.21. The van der Waals surface area contributed by atoms with Crippen molar-refractivity contribution in [2.24, 2.45) is 33.6 Å². The molecule has 0 aromatic rings. The molecule has 0 aromatic carbocycles. The summed E-state index contributed by atoms with van der Waals surface area (Å²) in [7, 11) is 0. The third-order valence-electron chi connectivity index (χ3n) is 8.92. The highest BCUT2D eigenvalue weighted by Crippen LogP contribution is 2.69. The number of nitrogens with zero attached hydrogens (tertiary/aromatic N) is 1. The van der Waals surface area contributed by atoms with Crippen molar-refractivity contribution >= 4 is 17.5 Å².